The van der Waals surface area contributed by atoms with Crippen molar-refractivity contribution in [2.45, 2.75) is 70.5 Å². The van der Waals surface area contributed by atoms with Crippen LogP contribution in [0.4, 0.5) is 0 Å². The third-order valence-electron chi connectivity index (χ3n) is 3.31. The van der Waals surface area contributed by atoms with Crippen LogP contribution in [-0.2, 0) is 0 Å². The maximum atomic E-state index is 2.78. The number of hydrogen-bond donors (Lipinski definition) is 0. The molecule has 0 N–H and O–H groups in total. The molecule has 2 saturated carbocycles. The Labute approximate surface area is 76.1 Å². The summed E-state index contributed by atoms with van der Waals surface area (Å²) in [5.41, 5.74) is 0. The van der Waals surface area contributed by atoms with Crippen molar-refractivity contribution >= 4 is 0 Å². The van der Waals surface area contributed by atoms with E-state index in [1.807, 2.05) is 0 Å². The minimum atomic E-state index is 0.778. The highest BCUT2D eigenvalue weighted by molar-refractivity contribution is 4.92. The molecular weight excluding hydrogens is 146 g/mol. The molecule has 1 nitrogen and oxygen atoms in total. The summed E-state index contributed by atoms with van der Waals surface area (Å²) in [6.45, 7) is 4.72. The van der Waals surface area contributed by atoms with E-state index in [1.165, 1.54) is 38.5 Å². The fourth-order valence-corrected chi connectivity index (χ4v) is 2.72. The zero-order valence-corrected chi connectivity index (χ0v) is 8.42. The van der Waals surface area contributed by atoms with E-state index >= 15 is 0 Å². The van der Waals surface area contributed by atoms with Gasteiger partial charge in [-0.25, -0.2) is 0 Å². The van der Waals surface area contributed by atoms with Gasteiger partial charge in [-0.3, -0.25) is 4.90 Å². The Bertz CT molecular complexity index is 141. The van der Waals surface area contributed by atoms with Gasteiger partial charge in [-0.15, -0.1) is 0 Å². The second-order valence-electron chi connectivity index (χ2n) is 4.71. The number of nitrogens with zero attached hydrogens (tertiary/aromatic N) is 1. The summed E-state index contributed by atoms with van der Waals surface area (Å²) in [6.07, 6.45) is 8.81. The van der Waals surface area contributed by atoms with E-state index in [1.54, 1.807) is 0 Å². The molecule has 0 unspecified atom stereocenters. The SMILES string of the molecule is CC(C)N(C1CCCC1)C1CC1. The predicted octanol–water partition coefficient (Wildman–Crippen LogP) is 2.80. The normalized spacial score (nSPS) is 26.0. The molecule has 2 aliphatic rings. The standard InChI is InChI=1S/C11H21N/c1-9(2)12(11-7-8-11)10-5-3-4-6-10/h9-11H,3-8H2,1-2H3. The number of hydrogen-bond acceptors (Lipinski definition) is 1. The van der Waals surface area contributed by atoms with Gasteiger partial charge < -0.3 is 0 Å². The fraction of sp³-hybridized carbons (Fsp3) is 1.00. The minimum Gasteiger partial charge on any atom is -0.295 e. The molecule has 0 radical (unpaired) electrons. The van der Waals surface area contributed by atoms with Crippen molar-refractivity contribution < 1.29 is 0 Å². The average molecular weight is 167 g/mol. The van der Waals surface area contributed by atoms with Crippen molar-refractivity contribution in [2.24, 2.45) is 0 Å². The summed E-state index contributed by atoms with van der Waals surface area (Å²) < 4.78 is 0. The Balaban J connectivity index is 1.94. The summed E-state index contributed by atoms with van der Waals surface area (Å²) in [5, 5.41) is 0. The molecule has 0 spiro atoms. The first-order valence-corrected chi connectivity index (χ1v) is 5.56. The van der Waals surface area contributed by atoms with Gasteiger partial charge in [0.2, 0.25) is 0 Å². The van der Waals surface area contributed by atoms with Gasteiger partial charge in [-0.1, -0.05) is 12.8 Å². The Morgan fingerprint density at radius 1 is 0.917 bits per heavy atom. The van der Waals surface area contributed by atoms with Crippen LogP contribution in [0.2, 0.25) is 0 Å². The summed E-state index contributed by atoms with van der Waals surface area (Å²) in [6, 6.07) is 2.69. The maximum absolute atomic E-state index is 2.78. The van der Waals surface area contributed by atoms with Crippen molar-refractivity contribution in [3.63, 3.8) is 0 Å². The van der Waals surface area contributed by atoms with E-state index in [0.29, 0.717) is 0 Å². The molecular formula is C11H21N. The highest BCUT2D eigenvalue weighted by Crippen LogP contribution is 2.35. The van der Waals surface area contributed by atoms with Crippen LogP contribution in [0.5, 0.6) is 0 Å². The monoisotopic (exact) mass is 167 g/mol. The zero-order chi connectivity index (χ0) is 8.55. The molecule has 0 aromatic heterocycles. The molecule has 0 heterocycles. The van der Waals surface area contributed by atoms with E-state index in [-0.39, 0.29) is 0 Å². The van der Waals surface area contributed by atoms with Crippen LogP contribution in [0, 0.1) is 0 Å². The highest BCUT2D eigenvalue weighted by Gasteiger charge is 2.36. The molecule has 0 aliphatic heterocycles. The van der Waals surface area contributed by atoms with Crippen molar-refractivity contribution in [1.29, 1.82) is 0 Å². The number of rotatable bonds is 3. The summed E-state index contributed by atoms with van der Waals surface area (Å²) in [7, 11) is 0. The Morgan fingerprint density at radius 2 is 1.42 bits per heavy atom. The molecule has 12 heavy (non-hydrogen) atoms. The Kier molecular flexibility index (Phi) is 2.40. The first-order chi connectivity index (χ1) is 5.79. The van der Waals surface area contributed by atoms with Crippen LogP contribution < -0.4 is 0 Å². The smallest absolute Gasteiger partial charge is 0.0102 e. The van der Waals surface area contributed by atoms with Crippen LogP contribution in [0.3, 0.4) is 0 Å². The van der Waals surface area contributed by atoms with E-state index in [4.69, 9.17) is 0 Å². The lowest BCUT2D eigenvalue weighted by Crippen LogP contribution is -2.40. The van der Waals surface area contributed by atoms with Gasteiger partial charge in [0.05, 0.1) is 0 Å². The molecule has 0 atom stereocenters. The molecule has 2 fully saturated rings. The molecule has 0 bridgehead atoms. The third kappa shape index (κ3) is 1.66. The van der Waals surface area contributed by atoms with Crippen molar-refractivity contribution in [3.8, 4) is 0 Å². The van der Waals surface area contributed by atoms with Gasteiger partial charge >= 0.3 is 0 Å². The predicted molar refractivity (Wildman–Crippen MR) is 52.3 cm³/mol. The first-order valence-electron chi connectivity index (χ1n) is 5.56. The lowest BCUT2D eigenvalue weighted by molar-refractivity contribution is 0.145. The molecule has 0 aromatic rings. The highest BCUT2D eigenvalue weighted by atomic mass is 15.2. The van der Waals surface area contributed by atoms with Gasteiger partial charge in [-0.2, -0.15) is 0 Å². The van der Waals surface area contributed by atoms with E-state index < -0.39 is 0 Å². The van der Waals surface area contributed by atoms with Gasteiger partial charge in [0.15, 0.2) is 0 Å². The van der Waals surface area contributed by atoms with E-state index in [2.05, 4.69) is 18.7 Å². The van der Waals surface area contributed by atoms with Crippen LogP contribution >= 0.6 is 0 Å². The molecule has 2 rings (SSSR count). The van der Waals surface area contributed by atoms with Crippen molar-refractivity contribution in [1.82, 2.24) is 4.90 Å². The van der Waals surface area contributed by atoms with E-state index in [0.717, 1.165) is 18.1 Å². The topological polar surface area (TPSA) is 3.24 Å². The largest absolute Gasteiger partial charge is 0.295 e. The molecule has 2 aliphatic carbocycles. The Hall–Kier alpha value is -0.0400. The molecule has 0 amide bonds. The van der Waals surface area contributed by atoms with Gasteiger partial charge in [0.25, 0.3) is 0 Å². The second-order valence-corrected chi connectivity index (χ2v) is 4.71. The minimum absolute atomic E-state index is 0.778. The van der Waals surface area contributed by atoms with Gasteiger partial charge in [0.1, 0.15) is 0 Å². The van der Waals surface area contributed by atoms with Gasteiger partial charge in [0, 0.05) is 18.1 Å². The lowest BCUT2D eigenvalue weighted by Gasteiger charge is -2.32. The van der Waals surface area contributed by atoms with Crippen LogP contribution in [0.15, 0.2) is 0 Å². The van der Waals surface area contributed by atoms with Crippen molar-refractivity contribution in [2.75, 3.05) is 0 Å². The van der Waals surface area contributed by atoms with E-state index in [9.17, 15) is 0 Å². The maximum Gasteiger partial charge on any atom is 0.0102 e. The lowest BCUT2D eigenvalue weighted by atomic mass is 10.1. The quantitative estimate of drug-likeness (QED) is 0.624. The zero-order valence-electron chi connectivity index (χ0n) is 8.42. The fourth-order valence-electron chi connectivity index (χ4n) is 2.72. The Morgan fingerprint density at radius 3 is 1.83 bits per heavy atom. The first kappa shape index (κ1) is 8.55. The molecule has 70 valence electrons. The summed E-state index contributed by atoms with van der Waals surface area (Å²) >= 11 is 0. The summed E-state index contributed by atoms with van der Waals surface area (Å²) in [5.74, 6) is 0. The third-order valence-corrected chi connectivity index (χ3v) is 3.31. The average Bonchev–Trinajstić information content (AvgIpc) is 2.65. The summed E-state index contributed by atoms with van der Waals surface area (Å²) in [4.78, 5) is 2.78. The van der Waals surface area contributed by atoms with Crippen LogP contribution in [0.1, 0.15) is 52.4 Å². The van der Waals surface area contributed by atoms with Gasteiger partial charge in [-0.05, 0) is 39.5 Å². The molecule has 0 saturated heterocycles. The second kappa shape index (κ2) is 3.37. The molecule has 1 heteroatoms. The van der Waals surface area contributed by atoms with Crippen LogP contribution in [0.25, 0.3) is 0 Å². The van der Waals surface area contributed by atoms with Crippen molar-refractivity contribution in [3.05, 3.63) is 0 Å². The van der Waals surface area contributed by atoms with Crippen LogP contribution in [-0.4, -0.2) is 23.0 Å². The molecule has 0 aromatic carbocycles.